The summed E-state index contributed by atoms with van der Waals surface area (Å²) in [5.41, 5.74) is -1.24. The highest BCUT2D eigenvalue weighted by atomic mass is 32.2. The molecule has 1 saturated carbocycles. The van der Waals surface area contributed by atoms with Crippen molar-refractivity contribution in [3.63, 3.8) is 0 Å². The zero-order valence-corrected chi connectivity index (χ0v) is 35.2. The Balaban J connectivity index is 1.18. The summed E-state index contributed by atoms with van der Waals surface area (Å²) in [4.78, 5) is 75.5. The maximum Gasteiger partial charge on any atom is 0.410 e. The minimum atomic E-state index is -4.42. The molecule has 2 aromatic rings. The van der Waals surface area contributed by atoms with Crippen LogP contribution < -0.4 is 20.7 Å². The van der Waals surface area contributed by atoms with Gasteiger partial charge in [-0.3, -0.25) is 29.0 Å². The summed E-state index contributed by atoms with van der Waals surface area (Å²) in [7, 11) is -4.42. The molecule has 0 aromatic heterocycles. The molecule has 5 aliphatic rings. The van der Waals surface area contributed by atoms with Gasteiger partial charge in [0.25, 0.3) is 15.9 Å². The van der Waals surface area contributed by atoms with Crippen molar-refractivity contribution in [1.82, 2.24) is 30.1 Å². The molecule has 0 unspecified atom stereocenters. The molecule has 5 atom stereocenters. The molecule has 3 fully saturated rings. The first-order valence-corrected chi connectivity index (χ1v) is 22.6. The quantitative estimate of drug-likeness (QED) is 0.322. The predicted molar refractivity (Wildman–Crippen MR) is 220 cm³/mol. The number of anilines is 1. The molecule has 5 amide bonds. The number of hydrogen-bond acceptors (Lipinski definition) is 10. The molecule has 7 rings (SSSR count). The summed E-state index contributed by atoms with van der Waals surface area (Å²) in [5.74, 6) is -3.64. The molecule has 324 valence electrons. The number of ether oxygens (including phenoxy) is 1. The lowest BCUT2D eigenvalue weighted by Crippen LogP contribution is -2.60. The Labute approximate surface area is 350 Å². The fraction of sp³-hybridized carbons (Fsp3) is 0.558. The molecule has 2 saturated heterocycles. The average molecular weight is 850 g/mol. The van der Waals surface area contributed by atoms with E-state index in [9.17, 15) is 36.8 Å². The standard InChI is InChI=1S/C43H56FN7O8S/c1-4-29-24-43(29)40(55)48-60(57,58)36-19-10-9-17-33(36)45-20-11-7-5-6-8-18-34(46-39(54)42(2,3)50-21-12-13-22-50)38(53)51-26-30(23-35(51)37(52)47-43)59-41(56)49-25-28-15-14-16-32(44)31(28)27-49/h4,9-10,14-17,19,29-30,34-35,45H,1,5-8,11-13,18,20-27H2,2-3H3,(H,46,54)(H,47,52)(H,48,55)/t29-,30-,34+,35+,43-/m1/s1. The maximum absolute atomic E-state index is 14.8. The van der Waals surface area contributed by atoms with E-state index in [4.69, 9.17) is 4.74 Å². The van der Waals surface area contributed by atoms with Crippen LogP contribution in [0.25, 0.3) is 0 Å². The van der Waals surface area contributed by atoms with Crippen molar-refractivity contribution < 1.29 is 41.5 Å². The van der Waals surface area contributed by atoms with E-state index in [-0.39, 0.29) is 43.3 Å². The van der Waals surface area contributed by atoms with Crippen molar-refractivity contribution in [2.75, 3.05) is 31.5 Å². The number of nitrogens with one attached hydrogen (secondary N) is 4. The Morgan fingerprint density at radius 2 is 1.72 bits per heavy atom. The summed E-state index contributed by atoms with van der Waals surface area (Å²) in [6, 6.07) is 8.62. The fourth-order valence-electron chi connectivity index (χ4n) is 8.99. The molecular formula is C43H56FN7O8S. The molecule has 1 aliphatic carbocycles. The largest absolute Gasteiger partial charge is 0.444 e. The van der Waals surface area contributed by atoms with E-state index in [0.717, 1.165) is 51.6 Å². The van der Waals surface area contributed by atoms with Gasteiger partial charge in [-0.1, -0.05) is 56.0 Å². The van der Waals surface area contributed by atoms with Crippen molar-refractivity contribution in [3.8, 4) is 0 Å². The highest BCUT2D eigenvalue weighted by molar-refractivity contribution is 7.90. The smallest absolute Gasteiger partial charge is 0.410 e. The number of rotatable bonds is 5. The van der Waals surface area contributed by atoms with E-state index < -0.39 is 74.8 Å². The zero-order chi connectivity index (χ0) is 42.8. The Morgan fingerprint density at radius 1 is 0.983 bits per heavy atom. The van der Waals surface area contributed by atoms with E-state index in [0.29, 0.717) is 36.2 Å². The van der Waals surface area contributed by atoms with Gasteiger partial charge < -0.3 is 25.6 Å². The van der Waals surface area contributed by atoms with Gasteiger partial charge in [-0.2, -0.15) is 0 Å². The monoisotopic (exact) mass is 849 g/mol. The molecule has 15 nitrogen and oxygen atoms in total. The van der Waals surface area contributed by atoms with Crippen molar-refractivity contribution in [2.45, 2.75) is 125 Å². The Bertz CT molecular complexity index is 2130. The lowest BCUT2D eigenvalue weighted by molar-refractivity contribution is -0.144. The second-order valence-electron chi connectivity index (χ2n) is 17.2. The van der Waals surface area contributed by atoms with Gasteiger partial charge in [0.2, 0.25) is 17.7 Å². The van der Waals surface area contributed by atoms with Gasteiger partial charge in [0.15, 0.2) is 0 Å². The number of fused-ring (bicyclic) bond motifs is 3. The topological polar surface area (TPSA) is 187 Å². The lowest BCUT2D eigenvalue weighted by atomic mass is 9.99. The molecule has 17 heteroatoms. The van der Waals surface area contributed by atoms with Gasteiger partial charge >= 0.3 is 6.09 Å². The number of para-hydroxylation sites is 1. The third kappa shape index (κ3) is 8.87. The van der Waals surface area contributed by atoms with Gasteiger partial charge in [0.1, 0.15) is 34.4 Å². The molecule has 4 N–H and O–H groups in total. The SMILES string of the molecule is C=C[C@@H]1C[C@@]12NC(=O)[C@@H]1C[C@@H](OC(=O)N3Cc4cccc(F)c4C3)CN1C(=O)[C@@H](NC(=O)C(C)(C)N1CCCC1)CCCCCCCNc1ccccc1S(=O)(=O)NC2=O. The van der Waals surface area contributed by atoms with Crippen molar-refractivity contribution in [2.24, 2.45) is 5.92 Å². The summed E-state index contributed by atoms with van der Waals surface area (Å²) < 4.78 is 50.2. The number of amides is 5. The first-order chi connectivity index (χ1) is 28.6. The number of hydrogen-bond donors (Lipinski definition) is 4. The summed E-state index contributed by atoms with van der Waals surface area (Å²) in [6.45, 7) is 9.36. The highest BCUT2D eigenvalue weighted by Crippen LogP contribution is 2.45. The van der Waals surface area contributed by atoms with Gasteiger partial charge in [-0.15, -0.1) is 6.58 Å². The number of likely N-dealkylation sites (tertiary alicyclic amines) is 1. The van der Waals surface area contributed by atoms with Crippen LogP contribution in [0.5, 0.6) is 0 Å². The van der Waals surface area contributed by atoms with Gasteiger partial charge in [0.05, 0.1) is 24.3 Å². The summed E-state index contributed by atoms with van der Waals surface area (Å²) in [5, 5.41) is 8.99. The van der Waals surface area contributed by atoms with Crippen LogP contribution >= 0.6 is 0 Å². The van der Waals surface area contributed by atoms with E-state index in [1.54, 1.807) is 30.3 Å². The molecule has 60 heavy (non-hydrogen) atoms. The van der Waals surface area contributed by atoms with Crippen LogP contribution in [0.15, 0.2) is 60.0 Å². The maximum atomic E-state index is 14.8. The molecule has 4 heterocycles. The third-order valence-corrected chi connectivity index (χ3v) is 14.2. The Hall–Kier alpha value is -5.03. The zero-order valence-electron chi connectivity index (χ0n) is 34.3. The molecule has 0 radical (unpaired) electrons. The van der Waals surface area contributed by atoms with Crippen molar-refractivity contribution in [3.05, 3.63) is 72.1 Å². The number of carbonyl (C=O) groups is 5. The van der Waals surface area contributed by atoms with Crippen molar-refractivity contribution in [1.29, 1.82) is 0 Å². The van der Waals surface area contributed by atoms with E-state index in [1.165, 1.54) is 28.0 Å². The van der Waals surface area contributed by atoms with Crippen LogP contribution in [0.1, 0.15) is 89.2 Å². The average Bonchev–Trinajstić information content (AvgIpc) is 3.66. The van der Waals surface area contributed by atoms with E-state index >= 15 is 0 Å². The number of nitrogens with zero attached hydrogens (tertiary/aromatic N) is 3. The Morgan fingerprint density at radius 3 is 2.45 bits per heavy atom. The van der Waals surface area contributed by atoms with E-state index in [1.807, 2.05) is 13.8 Å². The fourth-order valence-corrected chi connectivity index (χ4v) is 10.2. The first-order valence-electron chi connectivity index (χ1n) is 21.1. The van der Waals surface area contributed by atoms with Crippen LogP contribution in [0.2, 0.25) is 0 Å². The third-order valence-electron chi connectivity index (χ3n) is 12.8. The second-order valence-corrected chi connectivity index (χ2v) is 18.8. The predicted octanol–water partition coefficient (Wildman–Crippen LogP) is 3.94. The lowest BCUT2D eigenvalue weighted by Gasteiger charge is -2.36. The van der Waals surface area contributed by atoms with Gasteiger partial charge in [-0.25, -0.2) is 22.3 Å². The molecule has 4 aliphatic heterocycles. The minimum absolute atomic E-state index is 0.00888. The van der Waals surface area contributed by atoms with Crippen LogP contribution in [0.4, 0.5) is 14.9 Å². The van der Waals surface area contributed by atoms with Crippen LogP contribution in [0, 0.1) is 11.7 Å². The van der Waals surface area contributed by atoms with E-state index in [2.05, 4.69) is 32.2 Å². The number of benzene rings is 2. The first kappa shape index (κ1) is 43.1. The number of halogens is 1. The summed E-state index contributed by atoms with van der Waals surface area (Å²) >= 11 is 0. The molecule has 2 aromatic carbocycles. The molecule has 0 bridgehead atoms. The van der Waals surface area contributed by atoms with Crippen LogP contribution in [0.3, 0.4) is 0 Å². The van der Waals surface area contributed by atoms with Gasteiger partial charge in [-0.05, 0) is 82.8 Å². The van der Waals surface area contributed by atoms with Gasteiger partial charge in [0, 0.05) is 31.0 Å². The Kier molecular flexibility index (Phi) is 12.6. The molecular weight excluding hydrogens is 794 g/mol. The van der Waals surface area contributed by atoms with Crippen LogP contribution in [-0.4, -0.2) is 108 Å². The molecule has 1 spiro atoms. The van der Waals surface area contributed by atoms with Crippen molar-refractivity contribution >= 4 is 45.4 Å². The summed E-state index contributed by atoms with van der Waals surface area (Å²) in [6.07, 6.45) is 5.56. The number of sulfonamides is 1. The van der Waals surface area contributed by atoms with Crippen LogP contribution in [-0.2, 0) is 47.0 Å². The normalized spacial score (nSPS) is 27.8. The minimum Gasteiger partial charge on any atom is -0.444 e. The second kappa shape index (κ2) is 17.5. The highest BCUT2D eigenvalue weighted by Gasteiger charge is 2.61. The number of carbonyl (C=O) groups excluding carboxylic acids is 5.